The summed E-state index contributed by atoms with van der Waals surface area (Å²) in [7, 11) is 0. The lowest BCUT2D eigenvalue weighted by atomic mass is 10.1. The number of hydrogen-bond acceptors (Lipinski definition) is 3. The van der Waals surface area contributed by atoms with Crippen LogP contribution >= 0.6 is 0 Å². The second-order valence-corrected chi connectivity index (χ2v) is 7.51. The Labute approximate surface area is 163 Å². The maximum absolute atomic E-state index is 5.59. The largest absolute Gasteiger partial charge is 0.273 e. The fourth-order valence-electron chi connectivity index (χ4n) is 3.51. The maximum atomic E-state index is 5.59. The van der Waals surface area contributed by atoms with Crippen LogP contribution in [0.3, 0.4) is 0 Å². The Balaban J connectivity index is 1.80. The molecule has 0 aromatic carbocycles. The van der Waals surface area contributed by atoms with E-state index in [1.165, 1.54) is 95.7 Å². The standard InChI is InChI=1S/C23H44N2O/c1-3-5-6-7-8-9-10-11-12-13-14-15-16-17-18-19-20-23-24-21-22-25(23)26-4-2/h11-12H,3-10,13-22H2,1-2H3/b12-11-. The van der Waals surface area contributed by atoms with E-state index < -0.39 is 0 Å². The van der Waals surface area contributed by atoms with Gasteiger partial charge in [0.05, 0.1) is 19.7 Å². The van der Waals surface area contributed by atoms with E-state index in [9.17, 15) is 0 Å². The highest BCUT2D eigenvalue weighted by Gasteiger charge is 2.16. The van der Waals surface area contributed by atoms with E-state index in [2.05, 4.69) is 24.1 Å². The van der Waals surface area contributed by atoms with Gasteiger partial charge in [-0.1, -0.05) is 76.9 Å². The molecule has 0 N–H and O–H groups in total. The third kappa shape index (κ3) is 12.5. The summed E-state index contributed by atoms with van der Waals surface area (Å²) in [6, 6.07) is 0. The molecule has 0 spiro atoms. The van der Waals surface area contributed by atoms with Crippen molar-refractivity contribution in [2.75, 3.05) is 19.7 Å². The third-order valence-electron chi connectivity index (χ3n) is 5.08. The summed E-state index contributed by atoms with van der Waals surface area (Å²) in [6.45, 7) is 6.91. The molecule has 3 nitrogen and oxygen atoms in total. The maximum Gasteiger partial charge on any atom is 0.123 e. The molecule has 0 aromatic rings. The van der Waals surface area contributed by atoms with Gasteiger partial charge >= 0.3 is 0 Å². The zero-order chi connectivity index (χ0) is 18.7. The lowest BCUT2D eigenvalue weighted by Crippen LogP contribution is -2.27. The molecule has 0 saturated carbocycles. The molecular formula is C23H44N2O. The van der Waals surface area contributed by atoms with Gasteiger partial charge in [-0.3, -0.25) is 9.83 Å². The van der Waals surface area contributed by atoms with Crippen LogP contribution in [0, 0.1) is 0 Å². The SMILES string of the molecule is CCCCCCCC/C=C\CCCCCCCCC1=NCCN1OCC. The van der Waals surface area contributed by atoms with Gasteiger partial charge in [0.1, 0.15) is 5.84 Å². The summed E-state index contributed by atoms with van der Waals surface area (Å²) in [5, 5.41) is 2.00. The summed E-state index contributed by atoms with van der Waals surface area (Å²) in [6.07, 6.45) is 24.9. The van der Waals surface area contributed by atoms with Crippen LogP contribution < -0.4 is 0 Å². The van der Waals surface area contributed by atoms with Crippen LogP contribution in [-0.2, 0) is 4.84 Å². The molecule has 0 aromatic heterocycles. The predicted octanol–water partition coefficient (Wildman–Crippen LogP) is 7.08. The van der Waals surface area contributed by atoms with Gasteiger partial charge in [0.2, 0.25) is 0 Å². The zero-order valence-corrected chi connectivity index (χ0v) is 17.7. The average molecular weight is 365 g/mol. The molecule has 3 heteroatoms. The first kappa shape index (κ1) is 23.2. The van der Waals surface area contributed by atoms with Crippen LogP contribution in [0.5, 0.6) is 0 Å². The molecule has 26 heavy (non-hydrogen) atoms. The third-order valence-corrected chi connectivity index (χ3v) is 5.08. The van der Waals surface area contributed by atoms with Crippen molar-refractivity contribution in [2.24, 2.45) is 4.99 Å². The first-order chi connectivity index (χ1) is 12.9. The van der Waals surface area contributed by atoms with E-state index in [0.717, 1.165) is 26.1 Å². The molecule has 0 unspecified atom stereocenters. The number of amidine groups is 1. The first-order valence-corrected chi connectivity index (χ1v) is 11.5. The quantitative estimate of drug-likeness (QED) is 0.192. The number of hydroxylamine groups is 2. The van der Waals surface area contributed by atoms with Gasteiger partial charge in [-0.05, 0) is 39.0 Å². The fourth-order valence-corrected chi connectivity index (χ4v) is 3.51. The van der Waals surface area contributed by atoms with Gasteiger partial charge < -0.3 is 0 Å². The molecule has 1 aliphatic heterocycles. The van der Waals surface area contributed by atoms with Gasteiger partial charge in [0, 0.05) is 6.42 Å². The summed E-state index contributed by atoms with van der Waals surface area (Å²) in [4.78, 5) is 10.1. The van der Waals surface area contributed by atoms with Crippen molar-refractivity contribution in [2.45, 2.75) is 110 Å². The van der Waals surface area contributed by atoms with E-state index in [1.54, 1.807) is 0 Å². The highest BCUT2D eigenvalue weighted by molar-refractivity contribution is 5.82. The van der Waals surface area contributed by atoms with Crippen LogP contribution in [-0.4, -0.2) is 30.6 Å². The molecule has 1 aliphatic rings. The molecule has 152 valence electrons. The molecule has 0 atom stereocenters. The van der Waals surface area contributed by atoms with Crippen molar-refractivity contribution in [3.8, 4) is 0 Å². The van der Waals surface area contributed by atoms with Gasteiger partial charge in [-0.15, -0.1) is 0 Å². The molecule has 0 radical (unpaired) electrons. The minimum Gasteiger partial charge on any atom is -0.273 e. The normalized spacial score (nSPS) is 14.5. The van der Waals surface area contributed by atoms with E-state index in [4.69, 9.17) is 4.84 Å². The Hall–Kier alpha value is -0.830. The summed E-state index contributed by atoms with van der Waals surface area (Å²) < 4.78 is 0. The second kappa shape index (κ2) is 17.6. The van der Waals surface area contributed by atoms with Crippen LogP contribution in [0.4, 0.5) is 0 Å². The minimum atomic E-state index is 0.742. The van der Waals surface area contributed by atoms with Crippen LogP contribution in [0.25, 0.3) is 0 Å². The van der Waals surface area contributed by atoms with Crippen molar-refractivity contribution in [3.63, 3.8) is 0 Å². The Morgan fingerprint density at radius 3 is 2.00 bits per heavy atom. The molecule has 0 aliphatic carbocycles. The van der Waals surface area contributed by atoms with Gasteiger partial charge in [0.15, 0.2) is 0 Å². The van der Waals surface area contributed by atoms with Gasteiger partial charge in [0.25, 0.3) is 0 Å². The number of nitrogens with zero attached hydrogens (tertiary/aromatic N) is 2. The van der Waals surface area contributed by atoms with Crippen molar-refractivity contribution in [3.05, 3.63) is 12.2 Å². The number of rotatable bonds is 18. The van der Waals surface area contributed by atoms with E-state index in [0.29, 0.717) is 0 Å². The van der Waals surface area contributed by atoms with Crippen molar-refractivity contribution >= 4 is 5.84 Å². The van der Waals surface area contributed by atoms with E-state index in [-0.39, 0.29) is 0 Å². The Kier molecular flexibility index (Phi) is 15.7. The predicted molar refractivity (Wildman–Crippen MR) is 115 cm³/mol. The average Bonchev–Trinajstić information content (AvgIpc) is 3.09. The molecule has 1 heterocycles. The summed E-state index contributed by atoms with van der Waals surface area (Å²) in [5.74, 6) is 1.17. The van der Waals surface area contributed by atoms with Crippen molar-refractivity contribution in [1.29, 1.82) is 0 Å². The summed E-state index contributed by atoms with van der Waals surface area (Å²) >= 11 is 0. The molecule has 0 fully saturated rings. The topological polar surface area (TPSA) is 24.8 Å². The van der Waals surface area contributed by atoms with Crippen molar-refractivity contribution in [1.82, 2.24) is 5.06 Å². The summed E-state index contributed by atoms with van der Waals surface area (Å²) in [5.41, 5.74) is 0. The first-order valence-electron chi connectivity index (χ1n) is 11.5. The van der Waals surface area contributed by atoms with Crippen LogP contribution in [0.1, 0.15) is 110 Å². The zero-order valence-electron chi connectivity index (χ0n) is 17.7. The number of unbranched alkanes of at least 4 members (excludes halogenated alkanes) is 12. The smallest absolute Gasteiger partial charge is 0.123 e. The lowest BCUT2D eigenvalue weighted by molar-refractivity contribution is -0.0864. The lowest BCUT2D eigenvalue weighted by Gasteiger charge is -2.18. The molecule has 1 rings (SSSR count). The Morgan fingerprint density at radius 1 is 0.808 bits per heavy atom. The highest BCUT2D eigenvalue weighted by atomic mass is 16.7. The highest BCUT2D eigenvalue weighted by Crippen LogP contribution is 2.13. The van der Waals surface area contributed by atoms with Crippen LogP contribution in [0.15, 0.2) is 17.1 Å². The molecular weight excluding hydrogens is 320 g/mol. The Morgan fingerprint density at radius 2 is 1.38 bits per heavy atom. The van der Waals surface area contributed by atoms with Gasteiger partial charge in [-0.25, -0.2) is 5.06 Å². The fraction of sp³-hybridized carbons (Fsp3) is 0.870. The molecule has 0 amide bonds. The molecule has 0 saturated heterocycles. The monoisotopic (exact) mass is 364 g/mol. The molecule has 0 bridgehead atoms. The van der Waals surface area contributed by atoms with E-state index >= 15 is 0 Å². The number of hydrogen-bond donors (Lipinski definition) is 0. The van der Waals surface area contributed by atoms with Crippen molar-refractivity contribution < 1.29 is 4.84 Å². The number of aliphatic imine (C=N–C) groups is 1. The Bertz CT molecular complexity index is 365. The minimum absolute atomic E-state index is 0.742. The van der Waals surface area contributed by atoms with Gasteiger partial charge in [-0.2, -0.15) is 0 Å². The van der Waals surface area contributed by atoms with Crippen LogP contribution in [0.2, 0.25) is 0 Å². The number of allylic oxidation sites excluding steroid dienone is 2. The second-order valence-electron chi connectivity index (χ2n) is 7.51. The van der Waals surface area contributed by atoms with E-state index in [1.807, 2.05) is 12.0 Å².